The Morgan fingerprint density at radius 1 is 0.971 bits per heavy atom. The van der Waals surface area contributed by atoms with E-state index in [1.807, 2.05) is 61.5 Å². The second-order valence-corrected chi connectivity index (χ2v) is 8.95. The van der Waals surface area contributed by atoms with Crippen molar-refractivity contribution in [2.45, 2.75) is 38.0 Å². The van der Waals surface area contributed by atoms with Crippen molar-refractivity contribution >= 4 is 12.0 Å². The van der Waals surface area contributed by atoms with Crippen LogP contribution in [-0.2, 0) is 16.6 Å². The molecule has 1 saturated carbocycles. The lowest BCUT2D eigenvalue weighted by Crippen LogP contribution is -2.20. The van der Waals surface area contributed by atoms with Gasteiger partial charge < -0.3 is 9.63 Å². The molecule has 0 unspecified atom stereocenters. The van der Waals surface area contributed by atoms with Crippen LogP contribution in [0.5, 0.6) is 0 Å². The van der Waals surface area contributed by atoms with Gasteiger partial charge in [0.2, 0.25) is 0 Å². The molecule has 0 spiro atoms. The van der Waals surface area contributed by atoms with E-state index in [-0.39, 0.29) is 0 Å². The molecule has 170 valence electrons. The van der Waals surface area contributed by atoms with E-state index in [1.54, 1.807) is 0 Å². The molecule has 1 aromatic heterocycles. The van der Waals surface area contributed by atoms with Gasteiger partial charge in [-0.3, -0.25) is 4.79 Å². The van der Waals surface area contributed by atoms with Crippen LogP contribution in [0.4, 0.5) is 0 Å². The maximum atomic E-state index is 11.9. The van der Waals surface area contributed by atoms with E-state index in [0.717, 1.165) is 52.1 Å². The zero-order valence-electron chi connectivity index (χ0n) is 19.2. The predicted octanol–water partition coefficient (Wildman–Crippen LogP) is 7.08. The third kappa shape index (κ3) is 4.19. The molecule has 1 N–H and O–H groups in total. The van der Waals surface area contributed by atoms with E-state index < -0.39 is 11.4 Å². The Morgan fingerprint density at radius 3 is 2.35 bits per heavy atom. The summed E-state index contributed by atoms with van der Waals surface area (Å²) in [6.07, 6.45) is 7.57. The number of nitrogens with zero attached hydrogens (tertiary/aromatic N) is 1. The van der Waals surface area contributed by atoms with Crippen molar-refractivity contribution in [3.05, 3.63) is 107 Å². The number of benzene rings is 3. The minimum Gasteiger partial charge on any atom is -0.481 e. The van der Waals surface area contributed by atoms with Gasteiger partial charge in [0.15, 0.2) is 5.76 Å². The van der Waals surface area contributed by atoms with Crippen molar-refractivity contribution in [2.24, 2.45) is 0 Å². The highest BCUT2D eigenvalue weighted by atomic mass is 16.5. The largest absolute Gasteiger partial charge is 0.481 e. The number of allylic oxidation sites excluding steroid dienone is 1. The van der Waals surface area contributed by atoms with Crippen molar-refractivity contribution in [2.75, 3.05) is 0 Å². The Bertz CT molecular complexity index is 1330. The number of hydrogen-bond acceptors (Lipinski definition) is 3. The van der Waals surface area contributed by atoms with Crippen LogP contribution in [-0.4, -0.2) is 16.2 Å². The molecule has 4 heteroatoms. The van der Waals surface area contributed by atoms with Gasteiger partial charge in [-0.05, 0) is 54.9 Å². The van der Waals surface area contributed by atoms with Gasteiger partial charge in [-0.2, -0.15) is 0 Å². The van der Waals surface area contributed by atoms with Crippen molar-refractivity contribution in [1.29, 1.82) is 0 Å². The molecule has 34 heavy (non-hydrogen) atoms. The number of carbonyl (C=O) groups is 1. The van der Waals surface area contributed by atoms with Crippen molar-refractivity contribution in [3.8, 4) is 22.5 Å². The van der Waals surface area contributed by atoms with Crippen LogP contribution >= 0.6 is 0 Å². The summed E-state index contributed by atoms with van der Waals surface area (Å²) in [5, 5.41) is 14.0. The van der Waals surface area contributed by atoms with Crippen LogP contribution < -0.4 is 0 Å². The Labute approximate surface area is 199 Å². The Hall–Kier alpha value is -3.92. The van der Waals surface area contributed by atoms with E-state index in [1.165, 1.54) is 5.56 Å². The zero-order valence-corrected chi connectivity index (χ0v) is 19.2. The first-order valence-corrected chi connectivity index (χ1v) is 11.7. The number of aromatic nitrogens is 1. The third-order valence-corrected chi connectivity index (χ3v) is 6.70. The first kappa shape index (κ1) is 21.9. The average Bonchev–Trinajstić information content (AvgIpc) is 3.61. The molecule has 3 aromatic carbocycles. The fraction of sp³-hybridized carbons (Fsp3) is 0.200. The molecule has 1 aliphatic carbocycles. The van der Waals surface area contributed by atoms with Gasteiger partial charge in [0.05, 0.1) is 11.1 Å². The first-order chi connectivity index (χ1) is 16.6. The molecule has 0 saturated heterocycles. The minimum atomic E-state index is -0.741. The summed E-state index contributed by atoms with van der Waals surface area (Å²) >= 11 is 0. The molecule has 4 aromatic rings. The summed E-state index contributed by atoms with van der Waals surface area (Å²) in [6.45, 7) is 1.95. The highest BCUT2D eigenvalue weighted by Crippen LogP contribution is 2.51. The van der Waals surface area contributed by atoms with Crippen molar-refractivity contribution in [3.63, 3.8) is 0 Å². The average molecular weight is 450 g/mol. The Morgan fingerprint density at radius 2 is 1.65 bits per heavy atom. The molecule has 5 rings (SSSR count). The zero-order chi connectivity index (χ0) is 23.5. The van der Waals surface area contributed by atoms with E-state index in [0.29, 0.717) is 12.8 Å². The van der Waals surface area contributed by atoms with Crippen LogP contribution in [0.3, 0.4) is 0 Å². The molecule has 0 amide bonds. The lowest BCUT2D eigenvalue weighted by atomic mass is 9.88. The number of aliphatic carboxylic acids is 1. The molecular weight excluding hydrogens is 422 g/mol. The van der Waals surface area contributed by atoms with Crippen LogP contribution in [0.25, 0.3) is 28.5 Å². The van der Waals surface area contributed by atoms with Crippen LogP contribution in [0, 0.1) is 6.92 Å². The maximum Gasteiger partial charge on any atom is 0.314 e. The lowest BCUT2D eigenvalue weighted by molar-refractivity contribution is -0.140. The quantitative estimate of drug-likeness (QED) is 0.312. The van der Waals surface area contributed by atoms with Gasteiger partial charge in [0.25, 0.3) is 0 Å². The van der Waals surface area contributed by atoms with Gasteiger partial charge in [0, 0.05) is 11.1 Å². The van der Waals surface area contributed by atoms with Crippen LogP contribution in [0.15, 0.2) is 89.5 Å². The van der Waals surface area contributed by atoms with E-state index >= 15 is 0 Å². The molecule has 1 fully saturated rings. The molecule has 1 heterocycles. The summed E-state index contributed by atoms with van der Waals surface area (Å²) in [5.74, 6) is 0.00916. The number of carboxylic acids is 1. The SMILES string of the molecule is Cc1noc(-c2ccc(-c3ccccc3C3(C(=O)O)CC3)cc2)c1/C=C\CCc1ccccc1. The van der Waals surface area contributed by atoms with Crippen LogP contribution in [0.2, 0.25) is 0 Å². The number of hydrogen-bond donors (Lipinski definition) is 1. The minimum absolute atomic E-state index is 0.689. The molecule has 4 nitrogen and oxygen atoms in total. The van der Waals surface area contributed by atoms with Gasteiger partial charge in [-0.25, -0.2) is 0 Å². The van der Waals surface area contributed by atoms with Gasteiger partial charge >= 0.3 is 5.97 Å². The number of aryl methyl sites for hydroxylation is 2. The Balaban J connectivity index is 1.37. The van der Waals surface area contributed by atoms with Crippen molar-refractivity contribution < 1.29 is 14.4 Å². The van der Waals surface area contributed by atoms with Crippen LogP contribution in [0.1, 0.15) is 41.6 Å². The fourth-order valence-corrected chi connectivity index (χ4v) is 4.55. The summed E-state index contributed by atoms with van der Waals surface area (Å²) in [6, 6.07) is 26.4. The maximum absolute atomic E-state index is 11.9. The molecule has 1 aliphatic rings. The summed E-state index contributed by atoms with van der Waals surface area (Å²) in [7, 11) is 0. The first-order valence-electron chi connectivity index (χ1n) is 11.7. The summed E-state index contributed by atoms with van der Waals surface area (Å²) < 4.78 is 5.68. The highest BCUT2D eigenvalue weighted by molar-refractivity contribution is 5.89. The van der Waals surface area contributed by atoms with Crippen molar-refractivity contribution in [1.82, 2.24) is 5.16 Å². The van der Waals surface area contributed by atoms with E-state index in [4.69, 9.17) is 4.52 Å². The second kappa shape index (κ2) is 9.14. The Kier molecular flexibility index (Phi) is 5.89. The second-order valence-electron chi connectivity index (χ2n) is 8.95. The lowest BCUT2D eigenvalue weighted by Gasteiger charge is -2.16. The molecular formula is C30H27NO3. The van der Waals surface area contributed by atoms with Gasteiger partial charge in [-0.15, -0.1) is 0 Å². The standard InChI is InChI=1S/C30H27NO3/c1-21-25(12-6-5-11-22-9-3-2-4-10-22)28(34-31-21)24-17-15-23(16-18-24)26-13-7-8-14-27(26)30(19-20-30)29(32)33/h2-4,6-10,12-18H,5,11,19-20H2,1H3,(H,32,33)/b12-6-. The molecule has 0 atom stereocenters. The fourth-order valence-electron chi connectivity index (χ4n) is 4.55. The smallest absolute Gasteiger partial charge is 0.314 e. The number of rotatable bonds is 8. The number of carboxylic acid groups (broad SMARTS) is 1. The molecule has 0 aliphatic heterocycles. The highest BCUT2D eigenvalue weighted by Gasteiger charge is 2.52. The molecule has 0 radical (unpaired) electrons. The predicted molar refractivity (Wildman–Crippen MR) is 134 cm³/mol. The third-order valence-electron chi connectivity index (χ3n) is 6.70. The normalized spacial score (nSPS) is 14.4. The van der Waals surface area contributed by atoms with Gasteiger partial charge in [0.1, 0.15) is 0 Å². The monoisotopic (exact) mass is 449 g/mol. The summed E-state index contributed by atoms with van der Waals surface area (Å²) in [5.41, 5.74) is 6.25. The van der Waals surface area contributed by atoms with Gasteiger partial charge in [-0.1, -0.05) is 96.2 Å². The topological polar surface area (TPSA) is 63.3 Å². The van der Waals surface area contributed by atoms with E-state index in [2.05, 4.69) is 41.6 Å². The molecule has 0 bridgehead atoms. The summed E-state index contributed by atoms with van der Waals surface area (Å²) in [4.78, 5) is 11.9. The van der Waals surface area contributed by atoms with E-state index in [9.17, 15) is 9.90 Å².